The minimum Gasteiger partial charge on any atom is -0.329 e. The van der Waals surface area contributed by atoms with Crippen molar-refractivity contribution >= 4 is 11.6 Å². The first-order valence-corrected chi connectivity index (χ1v) is 7.23. The van der Waals surface area contributed by atoms with Gasteiger partial charge in [-0.15, -0.1) is 0 Å². The summed E-state index contributed by atoms with van der Waals surface area (Å²) in [6, 6.07) is 6.17. The molecule has 0 aliphatic carbocycles. The van der Waals surface area contributed by atoms with Crippen LogP contribution < -0.4 is 5.32 Å². The molecule has 0 aliphatic heterocycles. The minimum absolute atomic E-state index is 0.0816. The molecule has 20 heavy (non-hydrogen) atoms. The number of benzene rings is 1. The first kappa shape index (κ1) is 15.1. The van der Waals surface area contributed by atoms with E-state index in [1.807, 2.05) is 25.4 Å². The Bertz CT molecular complexity index is 582. The van der Waals surface area contributed by atoms with Crippen LogP contribution in [0.25, 0.3) is 0 Å². The van der Waals surface area contributed by atoms with Gasteiger partial charge in [0.25, 0.3) is 0 Å². The lowest BCUT2D eigenvalue weighted by molar-refractivity contribution is 0.413. The number of nitrogens with one attached hydrogen (secondary N) is 1. The fraction of sp³-hybridized carbons (Fsp3) is 0.438. The van der Waals surface area contributed by atoms with Crippen molar-refractivity contribution < 1.29 is 0 Å². The molecule has 0 radical (unpaired) electrons. The van der Waals surface area contributed by atoms with Gasteiger partial charge in [0.15, 0.2) is 0 Å². The van der Waals surface area contributed by atoms with Crippen LogP contribution in [-0.4, -0.2) is 15.1 Å². The monoisotopic (exact) mass is 291 g/mol. The van der Waals surface area contributed by atoms with Crippen molar-refractivity contribution in [3.63, 3.8) is 0 Å². The number of aromatic nitrogens is 2. The fourth-order valence-electron chi connectivity index (χ4n) is 1.96. The molecule has 3 nitrogen and oxygen atoms in total. The van der Waals surface area contributed by atoms with Gasteiger partial charge in [0.2, 0.25) is 0 Å². The van der Waals surface area contributed by atoms with Crippen LogP contribution in [0, 0.1) is 6.92 Å². The second-order valence-electron chi connectivity index (χ2n) is 6.17. The van der Waals surface area contributed by atoms with Gasteiger partial charge in [-0.1, -0.05) is 23.7 Å². The molecule has 1 heterocycles. The topological polar surface area (TPSA) is 29.9 Å². The Hall–Kier alpha value is -1.32. The third-order valence-electron chi connectivity index (χ3n) is 3.13. The minimum atomic E-state index is 0.0816. The molecule has 0 saturated heterocycles. The molecule has 0 saturated carbocycles. The molecule has 0 fully saturated rings. The highest BCUT2D eigenvalue weighted by Crippen LogP contribution is 2.19. The highest BCUT2D eigenvalue weighted by Gasteiger charge is 2.11. The Balaban J connectivity index is 2.12. The lowest BCUT2D eigenvalue weighted by Gasteiger charge is -2.20. The van der Waals surface area contributed by atoms with Crippen molar-refractivity contribution in [2.45, 2.75) is 46.3 Å². The standard InChI is InChI=1S/C16H22ClN3/c1-12-5-6-13(14(17)9-12)11-20-8-7-18-15(20)10-19-16(2,3)4/h5-9,19H,10-11H2,1-4H3. The van der Waals surface area contributed by atoms with Crippen LogP contribution >= 0.6 is 11.6 Å². The number of halogens is 1. The van der Waals surface area contributed by atoms with Gasteiger partial charge in [-0.25, -0.2) is 4.98 Å². The third-order valence-corrected chi connectivity index (χ3v) is 3.48. The normalized spacial score (nSPS) is 11.8. The predicted octanol–water partition coefficient (Wildman–Crippen LogP) is 3.78. The molecule has 0 spiro atoms. The average Bonchev–Trinajstić information content (AvgIpc) is 2.77. The molecule has 1 aromatic carbocycles. The molecule has 108 valence electrons. The Morgan fingerprint density at radius 2 is 2.05 bits per heavy atom. The second kappa shape index (κ2) is 5.98. The Kier molecular flexibility index (Phi) is 4.51. The van der Waals surface area contributed by atoms with Crippen molar-refractivity contribution in [1.29, 1.82) is 0 Å². The molecule has 0 atom stereocenters. The highest BCUT2D eigenvalue weighted by atomic mass is 35.5. The molecule has 0 bridgehead atoms. The van der Waals surface area contributed by atoms with E-state index in [9.17, 15) is 0 Å². The number of rotatable bonds is 4. The van der Waals surface area contributed by atoms with Crippen molar-refractivity contribution in [3.8, 4) is 0 Å². The van der Waals surface area contributed by atoms with Crippen molar-refractivity contribution in [2.24, 2.45) is 0 Å². The van der Waals surface area contributed by atoms with Crippen LogP contribution in [0.3, 0.4) is 0 Å². The highest BCUT2D eigenvalue weighted by molar-refractivity contribution is 6.31. The lowest BCUT2D eigenvalue weighted by atomic mass is 10.1. The maximum Gasteiger partial charge on any atom is 0.122 e. The summed E-state index contributed by atoms with van der Waals surface area (Å²) in [7, 11) is 0. The van der Waals surface area contributed by atoms with Gasteiger partial charge in [0.05, 0.1) is 13.1 Å². The fourth-order valence-corrected chi connectivity index (χ4v) is 2.25. The quantitative estimate of drug-likeness (QED) is 0.929. The third kappa shape index (κ3) is 4.09. The van der Waals surface area contributed by atoms with Crippen LogP contribution in [0.15, 0.2) is 30.6 Å². The van der Waals surface area contributed by atoms with Gasteiger partial charge in [-0.2, -0.15) is 0 Å². The molecule has 0 unspecified atom stereocenters. The molecule has 2 rings (SSSR count). The summed E-state index contributed by atoms with van der Waals surface area (Å²) in [6.07, 6.45) is 3.83. The number of nitrogens with zero attached hydrogens (tertiary/aromatic N) is 2. The second-order valence-corrected chi connectivity index (χ2v) is 6.58. The van der Waals surface area contributed by atoms with E-state index in [1.54, 1.807) is 0 Å². The molecular weight excluding hydrogens is 270 g/mol. The van der Waals surface area contributed by atoms with Gasteiger partial charge >= 0.3 is 0 Å². The van der Waals surface area contributed by atoms with Crippen LogP contribution in [0.2, 0.25) is 5.02 Å². The number of imidazole rings is 1. The first-order chi connectivity index (χ1) is 9.35. The van der Waals surface area contributed by atoms with Crippen molar-refractivity contribution in [1.82, 2.24) is 14.9 Å². The molecule has 0 amide bonds. The van der Waals surface area contributed by atoms with Crippen LogP contribution in [-0.2, 0) is 13.1 Å². The molecular formula is C16H22ClN3. The molecule has 4 heteroatoms. The molecule has 2 aromatic rings. The summed E-state index contributed by atoms with van der Waals surface area (Å²) in [6.45, 7) is 10.00. The number of hydrogen-bond donors (Lipinski definition) is 1. The van der Waals surface area contributed by atoms with Gasteiger partial charge in [-0.3, -0.25) is 0 Å². The van der Waals surface area contributed by atoms with Crippen molar-refractivity contribution in [3.05, 3.63) is 52.6 Å². The van der Waals surface area contributed by atoms with E-state index in [2.05, 4.69) is 47.8 Å². The summed E-state index contributed by atoms with van der Waals surface area (Å²) in [5.41, 5.74) is 2.38. The van der Waals surface area contributed by atoms with Crippen molar-refractivity contribution in [2.75, 3.05) is 0 Å². The number of hydrogen-bond acceptors (Lipinski definition) is 2. The SMILES string of the molecule is Cc1ccc(Cn2ccnc2CNC(C)(C)C)c(Cl)c1. The largest absolute Gasteiger partial charge is 0.329 e. The van der Waals surface area contributed by atoms with E-state index in [0.717, 1.165) is 29.5 Å². The molecule has 1 aromatic heterocycles. The summed E-state index contributed by atoms with van der Waals surface area (Å²) < 4.78 is 2.13. The van der Waals surface area contributed by atoms with Gasteiger partial charge in [0.1, 0.15) is 5.82 Å². The van der Waals surface area contributed by atoms with E-state index in [4.69, 9.17) is 11.6 Å². The van der Waals surface area contributed by atoms with Gasteiger partial charge in [-0.05, 0) is 44.9 Å². The Morgan fingerprint density at radius 3 is 2.70 bits per heavy atom. The zero-order valence-electron chi connectivity index (χ0n) is 12.6. The van der Waals surface area contributed by atoms with E-state index in [1.165, 1.54) is 5.56 Å². The van der Waals surface area contributed by atoms with E-state index >= 15 is 0 Å². The van der Waals surface area contributed by atoms with E-state index < -0.39 is 0 Å². The maximum absolute atomic E-state index is 6.30. The first-order valence-electron chi connectivity index (χ1n) is 6.85. The Morgan fingerprint density at radius 1 is 1.30 bits per heavy atom. The predicted molar refractivity (Wildman–Crippen MR) is 84.1 cm³/mol. The van der Waals surface area contributed by atoms with Crippen LogP contribution in [0.5, 0.6) is 0 Å². The molecule has 0 aliphatic rings. The van der Waals surface area contributed by atoms with Crippen LogP contribution in [0.4, 0.5) is 0 Å². The summed E-state index contributed by atoms with van der Waals surface area (Å²) >= 11 is 6.30. The zero-order chi connectivity index (χ0) is 14.8. The summed E-state index contributed by atoms with van der Waals surface area (Å²) in [5.74, 6) is 1.02. The maximum atomic E-state index is 6.30. The summed E-state index contributed by atoms with van der Waals surface area (Å²) in [5, 5.41) is 4.27. The van der Waals surface area contributed by atoms with E-state index in [0.29, 0.717) is 0 Å². The average molecular weight is 292 g/mol. The van der Waals surface area contributed by atoms with Gasteiger partial charge < -0.3 is 9.88 Å². The smallest absolute Gasteiger partial charge is 0.122 e. The van der Waals surface area contributed by atoms with Gasteiger partial charge in [0, 0.05) is 23.0 Å². The zero-order valence-corrected chi connectivity index (χ0v) is 13.3. The lowest BCUT2D eigenvalue weighted by Crippen LogP contribution is -2.36. The summed E-state index contributed by atoms with van der Waals surface area (Å²) in [4.78, 5) is 4.42. The Labute approximate surface area is 126 Å². The molecule has 1 N–H and O–H groups in total. The van der Waals surface area contributed by atoms with Crippen LogP contribution in [0.1, 0.15) is 37.7 Å². The number of aryl methyl sites for hydroxylation is 1. The van der Waals surface area contributed by atoms with E-state index in [-0.39, 0.29) is 5.54 Å².